The fourth-order valence-corrected chi connectivity index (χ4v) is 3.69. The molecule has 1 aliphatic heterocycles. The van der Waals surface area contributed by atoms with Crippen molar-refractivity contribution in [1.82, 2.24) is 10.2 Å². The fraction of sp³-hybridized carbons (Fsp3) is 0.733. The first kappa shape index (κ1) is 13.0. The van der Waals surface area contributed by atoms with Gasteiger partial charge in [0.25, 0.3) is 0 Å². The van der Waals surface area contributed by atoms with Crippen molar-refractivity contribution in [3.8, 4) is 0 Å². The molecule has 2 unspecified atom stereocenters. The molecule has 3 rings (SSSR count). The van der Waals surface area contributed by atoms with E-state index in [0.717, 1.165) is 25.0 Å². The van der Waals surface area contributed by atoms with E-state index < -0.39 is 0 Å². The third-order valence-corrected chi connectivity index (χ3v) is 4.80. The molecule has 1 aromatic rings. The highest BCUT2D eigenvalue weighted by atomic mass is 16.5. The Morgan fingerprint density at radius 3 is 2.84 bits per heavy atom. The van der Waals surface area contributed by atoms with Gasteiger partial charge in [0, 0.05) is 18.8 Å². The van der Waals surface area contributed by atoms with Gasteiger partial charge in [-0.2, -0.15) is 10.2 Å². The smallest absolute Gasteiger partial charge is 0.0685 e. The first-order valence-corrected chi connectivity index (χ1v) is 7.45. The van der Waals surface area contributed by atoms with E-state index in [1.807, 2.05) is 6.07 Å². The lowest BCUT2D eigenvalue weighted by Crippen LogP contribution is -2.44. The van der Waals surface area contributed by atoms with Gasteiger partial charge in [-0.1, -0.05) is 19.3 Å². The normalized spacial score (nSPS) is 28.2. The van der Waals surface area contributed by atoms with E-state index in [1.54, 1.807) is 12.4 Å². The number of aromatic nitrogens is 2. The SMILES string of the molecule is NC(c1ccnnc1)C1CCOC2(CCCCC2)C1. The molecule has 2 N–H and O–H groups in total. The summed E-state index contributed by atoms with van der Waals surface area (Å²) in [6.45, 7) is 0.858. The summed E-state index contributed by atoms with van der Waals surface area (Å²) in [5.74, 6) is 0.510. The van der Waals surface area contributed by atoms with E-state index in [-0.39, 0.29) is 11.6 Å². The van der Waals surface area contributed by atoms with Gasteiger partial charge in [0.15, 0.2) is 0 Å². The van der Waals surface area contributed by atoms with Crippen molar-refractivity contribution in [2.24, 2.45) is 11.7 Å². The van der Waals surface area contributed by atoms with Crippen molar-refractivity contribution < 1.29 is 4.74 Å². The van der Waals surface area contributed by atoms with Crippen molar-refractivity contribution in [3.05, 3.63) is 24.0 Å². The lowest BCUT2D eigenvalue weighted by molar-refractivity contribution is -0.120. The Hall–Kier alpha value is -1.00. The third-order valence-electron chi connectivity index (χ3n) is 4.80. The molecule has 1 aliphatic carbocycles. The quantitative estimate of drug-likeness (QED) is 0.889. The van der Waals surface area contributed by atoms with Crippen LogP contribution in [-0.2, 0) is 4.74 Å². The summed E-state index contributed by atoms with van der Waals surface area (Å²) in [6.07, 6.45) is 12.1. The molecule has 2 aliphatic rings. The molecule has 1 saturated heterocycles. The van der Waals surface area contributed by atoms with Crippen LogP contribution >= 0.6 is 0 Å². The highest BCUT2D eigenvalue weighted by Crippen LogP contribution is 2.43. The van der Waals surface area contributed by atoms with Gasteiger partial charge in [-0.3, -0.25) is 0 Å². The minimum absolute atomic E-state index is 0.0678. The molecule has 4 nitrogen and oxygen atoms in total. The van der Waals surface area contributed by atoms with E-state index in [0.29, 0.717) is 5.92 Å². The summed E-state index contributed by atoms with van der Waals surface area (Å²) in [5, 5.41) is 7.77. The summed E-state index contributed by atoms with van der Waals surface area (Å²) in [5.41, 5.74) is 7.67. The van der Waals surface area contributed by atoms with Crippen molar-refractivity contribution in [2.75, 3.05) is 6.61 Å². The molecule has 2 fully saturated rings. The molecule has 0 bridgehead atoms. The molecule has 0 aromatic carbocycles. The highest BCUT2D eigenvalue weighted by Gasteiger charge is 2.40. The second-order valence-corrected chi connectivity index (χ2v) is 6.05. The zero-order valence-corrected chi connectivity index (χ0v) is 11.4. The zero-order valence-electron chi connectivity index (χ0n) is 11.4. The Bertz CT molecular complexity index is 398. The van der Waals surface area contributed by atoms with Crippen molar-refractivity contribution in [2.45, 2.75) is 56.6 Å². The minimum atomic E-state index is 0.0678. The van der Waals surface area contributed by atoms with Gasteiger partial charge < -0.3 is 10.5 Å². The van der Waals surface area contributed by atoms with Gasteiger partial charge in [-0.05, 0) is 43.2 Å². The molecule has 2 heterocycles. The van der Waals surface area contributed by atoms with E-state index in [2.05, 4.69) is 10.2 Å². The van der Waals surface area contributed by atoms with Crippen LogP contribution in [0.5, 0.6) is 0 Å². The average molecular weight is 261 g/mol. The van der Waals surface area contributed by atoms with Gasteiger partial charge in [-0.25, -0.2) is 0 Å². The van der Waals surface area contributed by atoms with Crippen molar-refractivity contribution >= 4 is 0 Å². The van der Waals surface area contributed by atoms with E-state index in [9.17, 15) is 0 Å². The molecule has 1 saturated carbocycles. The summed E-state index contributed by atoms with van der Waals surface area (Å²) < 4.78 is 6.14. The standard InChI is InChI=1S/C15H23N3O/c16-14(13-4-8-17-18-11-13)12-5-9-19-15(10-12)6-2-1-3-7-15/h4,8,11-12,14H,1-3,5-7,9-10,16H2. The van der Waals surface area contributed by atoms with Gasteiger partial charge in [0.1, 0.15) is 0 Å². The lowest BCUT2D eigenvalue weighted by atomic mass is 9.73. The molecule has 1 aromatic heterocycles. The predicted octanol–water partition coefficient (Wildman–Crippen LogP) is 2.61. The van der Waals surface area contributed by atoms with Crippen LogP contribution in [0.3, 0.4) is 0 Å². The number of rotatable bonds is 2. The first-order chi connectivity index (χ1) is 9.29. The molecule has 0 radical (unpaired) electrons. The summed E-state index contributed by atoms with van der Waals surface area (Å²) in [4.78, 5) is 0. The van der Waals surface area contributed by atoms with Crippen molar-refractivity contribution in [1.29, 1.82) is 0 Å². The van der Waals surface area contributed by atoms with Crippen LogP contribution in [-0.4, -0.2) is 22.4 Å². The lowest BCUT2D eigenvalue weighted by Gasteiger charge is -2.45. The molecule has 1 spiro atoms. The molecule has 4 heteroatoms. The molecule has 19 heavy (non-hydrogen) atoms. The third kappa shape index (κ3) is 2.79. The first-order valence-electron chi connectivity index (χ1n) is 7.45. The van der Waals surface area contributed by atoms with Gasteiger partial charge in [0.05, 0.1) is 11.8 Å². The Morgan fingerprint density at radius 2 is 2.11 bits per heavy atom. The second-order valence-electron chi connectivity index (χ2n) is 6.05. The Balaban J connectivity index is 1.71. The van der Waals surface area contributed by atoms with Gasteiger partial charge in [0.2, 0.25) is 0 Å². The topological polar surface area (TPSA) is 61.0 Å². The Morgan fingerprint density at radius 1 is 1.26 bits per heavy atom. The number of nitrogens with two attached hydrogens (primary N) is 1. The zero-order chi connectivity index (χ0) is 13.1. The number of nitrogens with zero attached hydrogens (tertiary/aromatic N) is 2. The minimum Gasteiger partial charge on any atom is -0.375 e. The van der Waals surface area contributed by atoms with E-state index in [4.69, 9.17) is 10.5 Å². The van der Waals surface area contributed by atoms with Crippen LogP contribution in [0.1, 0.15) is 56.6 Å². The molecular weight excluding hydrogens is 238 g/mol. The maximum Gasteiger partial charge on any atom is 0.0685 e. The molecule has 0 amide bonds. The van der Waals surface area contributed by atoms with Crippen LogP contribution in [0, 0.1) is 5.92 Å². The van der Waals surface area contributed by atoms with Crippen LogP contribution in [0.2, 0.25) is 0 Å². The number of hydrogen-bond acceptors (Lipinski definition) is 4. The largest absolute Gasteiger partial charge is 0.375 e. The van der Waals surface area contributed by atoms with Crippen LogP contribution in [0.25, 0.3) is 0 Å². The number of hydrogen-bond donors (Lipinski definition) is 1. The Labute approximate surface area is 114 Å². The molecule has 104 valence electrons. The van der Waals surface area contributed by atoms with Crippen LogP contribution in [0.4, 0.5) is 0 Å². The molecular formula is C15H23N3O. The number of ether oxygens (including phenoxy) is 1. The van der Waals surface area contributed by atoms with Crippen LogP contribution in [0.15, 0.2) is 18.5 Å². The van der Waals surface area contributed by atoms with E-state index in [1.165, 1.54) is 32.1 Å². The maximum absolute atomic E-state index is 6.44. The summed E-state index contributed by atoms with van der Waals surface area (Å²) in [7, 11) is 0. The monoisotopic (exact) mass is 261 g/mol. The molecule has 2 atom stereocenters. The maximum atomic E-state index is 6.44. The average Bonchev–Trinajstić information content (AvgIpc) is 2.48. The van der Waals surface area contributed by atoms with E-state index >= 15 is 0 Å². The fourth-order valence-electron chi connectivity index (χ4n) is 3.69. The highest BCUT2D eigenvalue weighted by molar-refractivity contribution is 5.13. The van der Waals surface area contributed by atoms with Gasteiger partial charge in [-0.15, -0.1) is 0 Å². The Kier molecular flexibility index (Phi) is 3.80. The van der Waals surface area contributed by atoms with Crippen molar-refractivity contribution in [3.63, 3.8) is 0 Å². The second kappa shape index (κ2) is 5.55. The summed E-state index contributed by atoms with van der Waals surface area (Å²) >= 11 is 0. The van der Waals surface area contributed by atoms with Gasteiger partial charge >= 0.3 is 0 Å². The predicted molar refractivity (Wildman–Crippen MR) is 73.5 cm³/mol. The summed E-state index contributed by atoms with van der Waals surface area (Å²) in [6, 6.07) is 2.05. The van der Waals surface area contributed by atoms with Crippen LogP contribution < -0.4 is 5.73 Å².